The number of carbonyl (C=O) groups excluding carboxylic acids is 1. The van der Waals surface area contributed by atoms with Crippen molar-refractivity contribution in [3.8, 4) is 5.75 Å². The van der Waals surface area contributed by atoms with Gasteiger partial charge in [-0.15, -0.1) is 0 Å². The van der Waals surface area contributed by atoms with E-state index in [9.17, 15) is 14.4 Å². The van der Waals surface area contributed by atoms with Crippen LogP contribution in [0.2, 0.25) is 0 Å². The van der Waals surface area contributed by atoms with E-state index < -0.39 is 11.2 Å². The smallest absolute Gasteiger partial charge is 0.330 e. The molecular formula is C29H30N4O4. The van der Waals surface area contributed by atoms with Gasteiger partial charge in [-0.25, -0.2) is 4.79 Å². The minimum absolute atomic E-state index is 0.0108. The first-order valence-corrected chi connectivity index (χ1v) is 12.0. The Labute approximate surface area is 215 Å². The number of hydrogen-bond acceptors (Lipinski definition) is 5. The summed E-state index contributed by atoms with van der Waals surface area (Å²) < 4.78 is 7.13. The Bertz CT molecular complexity index is 1490. The first-order chi connectivity index (χ1) is 17.8. The zero-order valence-corrected chi connectivity index (χ0v) is 20.9. The average molecular weight is 499 g/mol. The van der Waals surface area contributed by atoms with E-state index >= 15 is 0 Å². The standard InChI is InChI=1S/C29H30N4O4/c1-20-13-14-24(21(2)17-20)37-16-15-25(34)32(18-22-9-5-3-6-10-22)26-27(30)33(29(36)31-28(26)35)19-23-11-7-4-8-12-23/h3-14,17H,15-16,18-19,30H2,1-2H3,(H,31,35,36). The summed E-state index contributed by atoms with van der Waals surface area (Å²) in [6.07, 6.45) is 0.0108. The highest BCUT2D eigenvalue weighted by atomic mass is 16.5. The van der Waals surface area contributed by atoms with Gasteiger partial charge in [0.15, 0.2) is 5.69 Å². The minimum atomic E-state index is -0.716. The highest BCUT2D eigenvalue weighted by molar-refractivity contribution is 5.95. The Morgan fingerprint density at radius 3 is 2.24 bits per heavy atom. The molecule has 0 aliphatic heterocycles. The number of anilines is 2. The molecule has 37 heavy (non-hydrogen) atoms. The summed E-state index contributed by atoms with van der Waals surface area (Å²) in [7, 11) is 0. The summed E-state index contributed by atoms with van der Waals surface area (Å²) in [6, 6.07) is 24.4. The number of aromatic nitrogens is 2. The molecule has 3 N–H and O–H groups in total. The van der Waals surface area contributed by atoms with Crippen molar-refractivity contribution >= 4 is 17.4 Å². The fraction of sp³-hybridized carbons (Fsp3) is 0.207. The quantitative estimate of drug-likeness (QED) is 0.365. The molecule has 0 aliphatic carbocycles. The van der Waals surface area contributed by atoms with Crippen molar-refractivity contribution in [1.82, 2.24) is 9.55 Å². The van der Waals surface area contributed by atoms with Crippen molar-refractivity contribution in [2.75, 3.05) is 17.2 Å². The van der Waals surface area contributed by atoms with E-state index in [0.29, 0.717) is 5.75 Å². The maximum Gasteiger partial charge on any atom is 0.330 e. The number of H-pyrrole nitrogens is 1. The zero-order chi connectivity index (χ0) is 26.4. The number of aromatic amines is 1. The summed E-state index contributed by atoms with van der Waals surface area (Å²) in [5, 5.41) is 0. The predicted octanol–water partition coefficient (Wildman–Crippen LogP) is 3.79. The summed E-state index contributed by atoms with van der Waals surface area (Å²) in [5.74, 6) is 0.273. The molecule has 0 radical (unpaired) electrons. The molecule has 0 saturated carbocycles. The lowest BCUT2D eigenvalue weighted by molar-refractivity contribution is -0.119. The monoisotopic (exact) mass is 498 g/mol. The Morgan fingerprint density at radius 2 is 1.59 bits per heavy atom. The fourth-order valence-corrected chi connectivity index (χ4v) is 4.16. The second kappa shape index (κ2) is 11.4. The number of nitrogen functional groups attached to an aromatic ring is 1. The van der Waals surface area contributed by atoms with Crippen molar-refractivity contribution in [2.24, 2.45) is 0 Å². The van der Waals surface area contributed by atoms with E-state index in [1.165, 1.54) is 9.47 Å². The zero-order valence-electron chi connectivity index (χ0n) is 20.9. The van der Waals surface area contributed by atoms with Crippen LogP contribution < -0.4 is 26.6 Å². The van der Waals surface area contributed by atoms with Gasteiger partial charge < -0.3 is 10.5 Å². The summed E-state index contributed by atoms with van der Waals surface area (Å²) in [6.45, 7) is 4.33. The lowest BCUT2D eigenvalue weighted by atomic mass is 10.1. The Kier molecular flexibility index (Phi) is 7.88. The first kappa shape index (κ1) is 25.5. The van der Waals surface area contributed by atoms with Gasteiger partial charge in [0.2, 0.25) is 5.91 Å². The van der Waals surface area contributed by atoms with Gasteiger partial charge in [-0.05, 0) is 36.6 Å². The maximum atomic E-state index is 13.5. The molecule has 8 nitrogen and oxygen atoms in total. The normalized spacial score (nSPS) is 10.8. The number of ether oxygens (including phenoxy) is 1. The second-order valence-corrected chi connectivity index (χ2v) is 8.90. The van der Waals surface area contributed by atoms with Crippen LogP contribution in [0.3, 0.4) is 0 Å². The number of carbonyl (C=O) groups is 1. The van der Waals surface area contributed by atoms with Crippen molar-refractivity contribution in [3.05, 3.63) is 122 Å². The van der Waals surface area contributed by atoms with E-state index in [4.69, 9.17) is 10.5 Å². The largest absolute Gasteiger partial charge is 0.493 e. The van der Waals surface area contributed by atoms with E-state index in [1.54, 1.807) is 0 Å². The lowest BCUT2D eigenvalue weighted by Crippen LogP contribution is -2.41. The van der Waals surface area contributed by atoms with Crippen LogP contribution in [0.4, 0.5) is 11.5 Å². The molecular weight excluding hydrogens is 468 g/mol. The van der Waals surface area contributed by atoms with Crippen molar-refractivity contribution in [2.45, 2.75) is 33.4 Å². The van der Waals surface area contributed by atoms with Crippen LogP contribution in [0.15, 0.2) is 88.5 Å². The van der Waals surface area contributed by atoms with Crippen LogP contribution in [-0.4, -0.2) is 22.1 Å². The molecule has 0 fully saturated rings. The Morgan fingerprint density at radius 1 is 0.946 bits per heavy atom. The molecule has 1 aromatic heterocycles. The SMILES string of the molecule is Cc1ccc(OCCC(=O)N(Cc2ccccc2)c2c(N)n(Cc3ccccc3)c(=O)[nH]c2=O)c(C)c1. The third-order valence-corrected chi connectivity index (χ3v) is 6.06. The summed E-state index contributed by atoms with van der Waals surface area (Å²) in [4.78, 5) is 42.8. The third kappa shape index (κ3) is 6.16. The van der Waals surface area contributed by atoms with Crippen molar-refractivity contribution in [3.63, 3.8) is 0 Å². The highest BCUT2D eigenvalue weighted by Crippen LogP contribution is 2.22. The van der Waals surface area contributed by atoms with Crippen LogP contribution in [0.5, 0.6) is 5.75 Å². The van der Waals surface area contributed by atoms with Crippen LogP contribution >= 0.6 is 0 Å². The molecule has 0 unspecified atom stereocenters. The summed E-state index contributed by atoms with van der Waals surface area (Å²) in [5.41, 5.74) is 8.72. The summed E-state index contributed by atoms with van der Waals surface area (Å²) >= 11 is 0. The number of nitrogens with one attached hydrogen (secondary N) is 1. The molecule has 8 heteroatoms. The van der Waals surface area contributed by atoms with Gasteiger partial charge in [0, 0.05) is 0 Å². The number of amides is 1. The van der Waals surface area contributed by atoms with Gasteiger partial charge >= 0.3 is 5.69 Å². The Balaban J connectivity index is 1.65. The lowest BCUT2D eigenvalue weighted by Gasteiger charge is -2.25. The maximum absolute atomic E-state index is 13.5. The van der Waals surface area contributed by atoms with E-state index in [0.717, 1.165) is 22.3 Å². The molecule has 0 saturated heterocycles. The molecule has 0 aliphatic rings. The van der Waals surface area contributed by atoms with E-state index in [1.807, 2.05) is 92.7 Å². The van der Waals surface area contributed by atoms with Gasteiger partial charge in [0.1, 0.15) is 11.6 Å². The first-order valence-electron chi connectivity index (χ1n) is 12.0. The number of rotatable bonds is 9. The predicted molar refractivity (Wildman–Crippen MR) is 145 cm³/mol. The number of nitrogens with two attached hydrogens (primary N) is 1. The van der Waals surface area contributed by atoms with Gasteiger partial charge in [-0.1, -0.05) is 78.4 Å². The molecule has 3 aromatic carbocycles. The topological polar surface area (TPSA) is 110 Å². The van der Waals surface area contributed by atoms with Gasteiger partial charge in [0.05, 0.1) is 26.1 Å². The molecule has 4 rings (SSSR count). The van der Waals surface area contributed by atoms with Gasteiger partial charge in [0.25, 0.3) is 5.56 Å². The number of nitrogens with zero attached hydrogens (tertiary/aromatic N) is 2. The van der Waals surface area contributed by atoms with Crippen molar-refractivity contribution in [1.29, 1.82) is 0 Å². The minimum Gasteiger partial charge on any atom is -0.493 e. The molecule has 0 atom stereocenters. The highest BCUT2D eigenvalue weighted by Gasteiger charge is 2.24. The van der Waals surface area contributed by atoms with E-state index in [2.05, 4.69) is 4.98 Å². The van der Waals surface area contributed by atoms with Gasteiger partial charge in [-0.3, -0.25) is 24.0 Å². The molecule has 0 spiro atoms. The third-order valence-electron chi connectivity index (χ3n) is 6.06. The van der Waals surface area contributed by atoms with Crippen LogP contribution in [-0.2, 0) is 17.9 Å². The molecule has 4 aromatic rings. The molecule has 1 amide bonds. The number of aryl methyl sites for hydroxylation is 2. The number of benzene rings is 3. The van der Waals surface area contributed by atoms with Crippen LogP contribution in [0.25, 0.3) is 0 Å². The molecule has 1 heterocycles. The number of hydrogen-bond donors (Lipinski definition) is 2. The Hall–Kier alpha value is -4.59. The fourth-order valence-electron chi connectivity index (χ4n) is 4.16. The van der Waals surface area contributed by atoms with Gasteiger partial charge in [-0.2, -0.15) is 0 Å². The molecule has 0 bridgehead atoms. The second-order valence-electron chi connectivity index (χ2n) is 8.90. The average Bonchev–Trinajstić information content (AvgIpc) is 2.88. The van der Waals surface area contributed by atoms with Crippen LogP contribution in [0, 0.1) is 13.8 Å². The van der Waals surface area contributed by atoms with E-state index in [-0.39, 0.29) is 43.5 Å². The molecule has 190 valence electrons. The van der Waals surface area contributed by atoms with Crippen LogP contribution in [0.1, 0.15) is 28.7 Å². The van der Waals surface area contributed by atoms with Crippen molar-refractivity contribution < 1.29 is 9.53 Å².